The molecule has 0 spiro atoms. The van der Waals surface area contributed by atoms with Crippen molar-refractivity contribution in [3.05, 3.63) is 54.1 Å². The molecule has 200 valence electrons. The normalized spacial score (nSPS) is 15.6. The number of nitrogens with zero attached hydrogens (tertiary/aromatic N) is 2. The zero-order valence-corrected chi connectivity index (χ0v) is 22.9. The van der Waals surface area contributed by atoms with Crippen molar-refractivity contribution in [1.82, 2.24) is 9.62 Å². The van der Waals surface area contributed by atoms with Crippen molar-refractivity contribution in [2.45, 2.75) is 55.4 Å². The van der Waals surface area contributed by atoms with E-state index >= 15 is 0 Å². The number of sulfonamides is 1. The second-order valence-electron chi connectivity index (χ2n) is 9.87. The average molecular weight is 548 g/mol. The predicted molar refractivity (Wildman–Crippen MR) is 139 cm³/mol. The summed E-state index contributed by atoms with van der Waals surface area (Å²) in [6, 6.07) is 14.0. The van der Waals surface area contributed by atoms with Crippen LogP contribution in [0.1, 0.15) is 45.1 Å². The van der Waals surface area contributed by atoms with Gasteiger partial charge in [0.25, 0.3) is 0 Å². The van der Waals surface area contributed by atoms with Crippen molar-refractivity contribution in [2.24, 2.45) is 5.41 Å². The van der Waals surface area contributed by atoms with Crippen LogP contribution in [0.3, 0.4) is 0 Å². The fraction of sp³-hybridized carbons (Fsp3) is 0.462. The second-order valence-corrected chi connectivity index (χ2v) is 13.8. The van der Waals surface area contributed by atoms with Gasteiger partial charge in [0, 0.05) is 30.8 Å². The summed E-state index contributed by atoms with van der Waals surface area (Å²) in [5.41, 5.74) is -0.229. The van der Waals surface area contributed by atoms with Crippen LogP contribution in [-0.4, -0.2) is 59.0 Å². The molecule has 1 amide bonds. The van der Waals surface area contributed by atoms with Gasteiger partial charge < -0.3 is 10.1 Å². The van der Waals surface area contributed by atoms with Gasteiger partial charge in [-0.25, -0.2) is 16.8 Å². The topological polar surface area (TPSA) is 134 Å². The summed E-state index contributed by atoms with van der Waals surface area (Å²) in [4.78, 5) is 13.3. The fourth-order valence-corrected chi connectivity index (χ4v) is 6.17. The van der Waals surface area contributed by atoms with Crippen molar-refractivity contribution < 1.29 is 26.4 Å². The number of rotatable bonds is 10. The van der Waals surface area contributed by atoms with Crippen molar-refractivity contribution >= 4 is 25.8 Å². The van der Waals surface area contributed by atoms with Gasteiger partial charge in [-0.2, -0.15) is 9.57 Å². The molecule has 37 heavy (non-hydrogen) atoms. The molecule has 1 N–H and O–H groups in total. The zero-order chi connectivity index (χ0) is 27.3. The molecule has 0 saturated carbocycles. The smallest absolute Gasteiger partial charge is 0.243 e. The minimum Gasteiger partial charge on any atom is -0.494 e. The third-order valence-corrected chi connectivity index (χ3v) is 9.53. The van der Waals surface area contributed by atoms with Crippen molar-refractivity contribution in [3.63, 3.8) is 0 Å². The molecule has 0 aromatic heterocycles. The molecule has 2 aromatic carbocycles. The lowest BCUT2D eigenvalue weighted by Gasteiger charge is -2.33. The van der Waals surface area contributed by atoms with E-state index in [0.29, 0.717) is 56.7 Å². The monoisotopic (exact) mass is 547 g/mol. The standard InChI is InChI=1S/C26H33N3O6S2/c1-26(2,15-4-18-35-22-7-11-23(12-8-22)36(3,31)32)25(30)28-21-13-16-29(17-14-21)37(33,34)24-9-5-20(19-27)6-10-24/h5-12,21H,4,13-18H2,1-3H3,(H,28,30). The Labute approximate surface area is 219 Å². The third-order valence-electron chi connectivity index (χ3n) is 6.49. The maximum Gasteiger partial charge on any atom is 0.243 e. The number of hydrogen-bond acceptors (Lipinski definition) is 7. The van der Waals surface area contributed by atoms with Crippen LogP contribution in [0, 0.1) is 16.7 Å². The lowest BCUT2D eigenvalue weighted by molar-refractivity contribution is -0.130. The van der Waals surface area contributed by atoms with Crippen molar-refractivity contribution in [2.75, 3.05) is 26.0 Å². The molecule has 1 aliphatic rings. The Bertz CT molecular complexity index is 1340. The van der Waals surface area contributed by atoms with Crippen molar-refractivity contribution in [1.29, 1.82) is 5.26 Å². The van der Waals surface area contributed by atoms with Gasteiger partial charge in [0.2, 0.25) is 15.9 Å². The first kappa shape index (κ1) is 28.6. The number of piperidine rings is 1. The summed E-state index contributed by atoms with van der Waals surface area (Å²) in [5.74, 6) is 0.482. The van der Waals surface area contributed by atoms with Crippen LogP contribution >= 0.6 is 0 Å². The molecular weight excluding hydrogens is 514 g/mol. The van der Waals surface area contributed by atoms with Crippen LogP contribution in [0.5, 0.6) is 5.75 Å². The first-order valence-electron chi connectivity index (χ1n) is 12.1. The largest absolute Gasteiger partial charge is 0.494 e. The number of amides is 1. The molecule has 1 aliphatic heterocycles. The molecule has 0 aliphatic carbocycles. The van der Waals surface area contributed by atoms with E-state index in [1.54, 1.807) is 12.1 Å². The molecule has 0 bridgehead atoms. The maximum absolute atomic E-state index is 12.9. The van der Waals surface area contributed by atoms with Crippen LogP contribution < -0.4 is 10.1 Å². The van der Waals surface area contributed by atoms with Crippen LogP contribution in [0.2, 0.25) is 0 Å². The van der Waals surface area contributed by atoms with Crippen LogP contribution in [0.25, 0.3) is 0 Å². The van der Waals surface area contributed by atoms with E-state index in [2.05, 4.69) is 5.32 Å². The average Bonchev–Trinajstić information content (AvgIpc) is 2.86. The van der Waals surface area contributed by atoms with Crippen LogP contribution in [-0.2, 0) is 24.7 Å². The number of hydrogen-bond donors (Lipinski definition) is 1. The highest BCUT2D eigenvalue weighted by Crippen LogP contribution is 2.26. The van der Waals surface area contributed by atoms with Gasteiger partial charge in [-0.1, -0.05) is 13.8 Å². The summed E-state index contributed by atoms with van der Waals surface area (Å²) in [5, 5.41) is 12.0. The Kier molecular flexibility index (Phi) is 9.00. The molecule has 9 nitrogen and oxygen atoms in total. The summed E-state index contributed by atoms with van der Waals surface area (Å²) in [6.07, 6.45) is 3.41. The maximum atomic E-state index is 12.9. The first-order valence-corrected chi connectivity index (χ1v) is 15.4. The molecule has 3 rings (SSSR count). The number of carbonyl (C=O) groups excluding carboxylic acids is 1. The number of nitriles is 1. The molecule has 1 saturated heterocycles. The van der Waals surface area contributed by atoms with Gasteiger partial charge in [-0.05, 0) is 74.2 Å². The van der Waals surface area contributed by atoms with Crippen molar-refractivity contribution in [3.8, 4) is 11.8 Å². The number of ether oxygens (including phenoxy) is 1. The van der Waals surface area contributed by atoms with Gasteiger partial charge >= 0.3 is 0 Å². The summed E-state index contributed by atoms with van der Waals surface area (Å²) in [7, 11) is -6.90. The molecule has 11 heteroatoms. The highest BCUT2D eigenvalue weighted by atomic mass is 32.2. The molecule has 1 fully saturated rings. The lowest BCUT2D eigenvalue weighted by Crippen LogP contribution is -2.49. The highest BCUT2D eigenvalue weighted by Gasteiger charge is 2.33. The fourth-order valence-electron chi connectivity index (χ4n) is 4.07. The predicted octanol–water partition coefficient (Wildman–Crippen LogP) is 3.12. The molecule has 2 aromatic rings. The van der Waals surface area contributed by atoms with Gasteiger partial charge in [0.1, 0.15) is 5.75 Å². The summed E-state index contributed by atoms with van der Waals surface area (Å²) >= 11 is 0. The third kappa shape index (κ3) is 7.53. The van der Waals surface area contributed by atoms with E-state index in [9.17, 15) is 21.6 Å². The van der Waals surface area contributed by atoms with Crippen LogP contribution in [0.4, 0.5) is 0 Å². The minimum atomic E-state index is -3.65. The first-order chi connectivity index (χ1) is 17.3. The Morgan fingerprint density at radius 3 is 2.14 bits per heavy atom. The van der Waals surface area contributed by atoms with E-state index < -0.39 is 25.3 Å². The quantitative estimate of drug-likeness (QED) is 0.452. The highest BCUT2D eigenvalue weighted by molar-refractivity contribution is 7.90. The number of nitrogens with one attached hydrogen (secondary N) is 1. The second kappa shape index (κ2) is 11.6. The summed E-state index contributed by atoms with van der Waals surface area (Å²) < 4.78 is 56.0. The molecule has 0 radical (unpaired) electrons. The number of carbonyl (C=O) groups is 1. The van der Waals surface area contributed by atoms with E-state index in [0.717, 1.165) is 6.26 Å². The molecule has 0 atom stereocenters. The van der Waals surface area contributed by atoms with E-state index in [4.69, 9.17) is 10.00 Å². The van der Waals surface area contributed by atoms with Gasteiger partial charge in [-0.15, -0.1) is 0 Å². The zero-order valence-electron chi connectivity index (χ0n) is 21.3. The lowest BCUT2D eigenvalue weighted by atomic mass is 9.86. The Hall–Kier alpha value is -2.94. The molecular formula is C26H33N3O6S2. The van der Waals surface area contributed by atoms with Crippen LogP contribution in [0.15, 0.2) is 58.3 Å². The van der Waals surface area contributed by atoms with Gasteiger partial charge in [-0.3, -0.25) is 4.79 Å². The van der Waals surface area contributed by atoms with E-state index in [1.807, 2.05) is 19.9 Å². The number of sulfone groups is 1. The SMILES string of the molecule is CC(C)(CCCOc1ccc(S(C)(=O)=O)cc1)C(=O)NC1CCN(S(=O)(=O)c2ccc(C#N)cc2)CC1. The van der Waals surface area contributed by atoms with Gasteiger partial charge in [0.05, 0.1) is 28.0 Å². The number of benzene rings is 2. The summed E-state index contributed by atoms with van der Waals surface area (Å²) in [6.45, 7) is 4.74. The molecule has 0 unspecified atom stereocenters. The Morgan fingerprint density at radius 1 is 1.03 bits per heavy atom. The van der Waals surface area contributed by atoms with Gasteiger partial charge in [0.15, 0.2) is 9.84 Å². The minimum absolute atomic E-state index is 0.0848. The van der Waals surface area contributed by atoms with E-state index in [1.165, 1.54) is 40.7 Å². The van der Waals surface area contributed by atoms with E-state index in [-0.39, 0.29) is 21.7 Å². The molecule has 1 heterocycles. The Morgan fingerprint density at radius 2 is 1.59 bits per heavy atom. The Balaban J connectivity index is 1.44.